The van der Waals surface area contributed by atoms with Crippen molar-refractivity contribution in [3.8, 4) is 11.3 Å². The third kappa shape index (κ3) is 5.28. The first-order valence-electron chi connectivity index (χ1n) is 12.4. The molecule has 1 aromatic heterocycles. The van der Waals surface area contributed by atoms with Gasteiger partial charge in [0.2, 0.25) is 5.91 Å². The second-order valence-electron chi connectivity index (χ2n) is 9.51. The minimum atomic E-state index is -0.00518. The molecule has 3 aromatic rings. The third-order valence-corrected chi connectivity index (χ3v) is 7.05. The molecule has 5 rings (SSSR count). The molecule has 6 heteroatoms. The molecule has 176 valence electrons. The van der Waals surface area contributed by atoms with Crippen molar-refractivity contribution in [2.24, 2.45) is 5.92 Å². The summed E-state index contributed by atoms with van der Waals surface area (Å²) in [5, 5.41) is 12.1. The number of piperidine rings is 1. The van der Waals surface area contributed by atoms with Gasteiger partial charge in [0.1, 0.15) is 0 Å². The Kier molecular flexibility index (Phi) is 6.86. The number of carbonyl (C=O) groups is 1. The van der Waals surface area contributed by atoms with Crippen LogP contribution in [-0.4, -0.2) is 53.7 Å². The molecule has 1 amide bonds. The van der Waals surface area contributed by atoms with Gasteiger partial charge in [-0.1, -0.05) is 54.1 Å². The summed E-state index contributed by atoms with van der Waals surface area (Å²) in [6.45, 7) is 7.30. The van der Waals surface area contributed by atoms with Crippen molar-refractivity contribution in [1.82, 2.24) is 20.4 Å². The predicted octanol–water partition coefficient (Wildman–Crippen LogP) is 3.84. The van der Waals surface area contributed by atoms with Crippen molar-refractivity contribution >= 4 is 11.7 Å². The molecule has 1 N–H and O–H groups in total. The van der Waals surface area contributed by atoms with E-state index in [-0.39, 0.29) is 11.8 Å². The minimum Gasteiger partial charge on any atom is -0.355 e. The van der Waals surface area contributed by atoms with Crippen LogP contribution < -0.4 is 10.2 Å². The second kappa shape index (κ2) is 10.3. The summed E-state index contributed by atoms with van der Waals surface area (Å²) < 4.78 is 0. The quantitative estimate of drug-likeness (QED) is 0.612. The monoisotopic (exact) mass is 455 g/mol. The average molecular weight is 456 g/mol. The van der Waals surface area contributed by atoms with E-state index in [1.165, 1.54) is 16.7 Å². The van der Waals surface area contributed by atoms with Crippen LogP contribution in [0.1, 0.15) is 29.5 Å². The van der Waals surface area contributed by atoms with Crippen LogP contribution in [0, 0.1) is 12.8 Å². The minimum absolute atomic E-state index is 0.00518. The van der Waals surface area contributed by atoms with Crippen LogP contribution in [0.3, 0.4) is 0 Å². The van der Waals surface area contributed by atoms with Gasteiger partial charge in [-0.2, -0.15) is 0 Å². The number of amides is 1. The zero-order chi connectivity index (χ0) is 23.3. The van der Waals surface area contributed by atoms with Crippen molar-refractivity contribution < 1.29 is 4.79 Å². The van der Waals surface area contributed by atoms with Crippen LogP contribution in [0.25, 0.3) is 11.3 Å². The Morgan fingerprint density at radius 2 is 1.82 bits per heavy atom. The van der Waals surface area contributed by atoms with E-state index in [4.69, 9.17) is 0 Å². The van der Waals surface area contributed by atoms with Gasteiger partial charge in [-0.25, -0.2) is 0 Å². The van der Waals surface area contributed by atoms with Gasteiger partial charge in [-0.05, 0) is 49.4 Å². The summed E-state index contributed by atoms with van der Waals surface area (Å²) >= 11 is 0. The first-order chi connectivity index (χ1) is 16.7. The van der Waals surface area contributed by atoms with Crippen molar-refractivity contribution in [2.45, 2.75) is 32.7 Å². The Balaban J connectivity index is 1.11. The van der Waals surface area contributed by atoms with E-state index in [1.54, 1.807) is 0 Å². The highest BCUT2D eigenvalue weighted by atomic mass is 16.1. The number of nitrogens with zero attached hydrogens (tertiary/aromatic N) is 4. The fourth-order valence-electron chi connectivity index (χ4n) is 5.00. The van der Waals surface area contributed by atoms with Crippen LogP contribution >= 0.6 is 0 Å². The topological polar surface area (TPSA) is 61.4 Å². The Hall–Kier alpha value is -3.25. The Morgan fingerprint density at radius 3 is 2.62 bits per heavy atom. The number of hydrogen-bond acceptors (Lipinski definition) is 5. The predicted molar refractivity (Wildman–Crippen MR) is 136 cm³/mol. The van der Waals surface area contributed by atoms with E-state index >= 15 is 0 Å². The van der Waals surface area contributed by atoms with Crippen LogP contribution in [0.5, 0.6) is 0 Å². The molecule has 2 aromatic carbocycles. The summed E-state index contributed by atoms with van der Waals surface area (Å²) in [5.41, 5.74) is 6.04. The van der Waals surface area contributed by atoms with Crippen LogP contribution in [0.4, 0.5) is 5.82 Å². The normalized spacial score (nSPS) is 18.4. The molecule has 1 saturated heterocycles. The zero-order valence-corrected chi connectivity index (χ0v) is 19.9. The van der Waals surface area contributed by atoms with Gasteiger partial charge >= 0.3 is 0 Å². The molecule has 6 nitrogen and oxygen atoms in total. The van der Waals surface area contributed by atoms with Crippen LogP contribution in [0.15, 0.2) is 60.7 Å². The number of carbonyl (C=O) groups excluding carboxylic acids is 1. The number of aryl methyl sites for hydroxylation is 1. The van der Waals surface area contributed by atoms with E-state index in [1.807, 2.05) is 12.1 Å². The molecule has 0 unspecified atom stereocenters. The van der Waals surface area contributed by atoms with Crippen LogP contribution in [0.2, 0.25) is 0 Å². The molecule has 0 spiro atoms. The molecule has 0 radical (unpaired) electrons. The highest BCUT2D eigenvalue weighted by Gasteiger charge is 2.27. The van der Waals surface area contributed by atoms with E-state index in [2.05, 4.69) is 80.8 Å². The lowest BCUT2D eigenvalue weighted by atomic mass is 9.97. The summed E-state index contributed by atoms with van der Waals surface area (Å²) in [6.07, 6.45) is 3.00. The maximum Gasteiger partial charge on any atom is 0.224 e. The fourth-order valence-corrected chi connectivity index (χ4v) is 5.00. The van der Waals surface area contributed by atoms with E-state index in [9.17, 15) is 4.79 Å². The highest BCUT2D eigenvalue weighted by Crippen LogP contribution is 2.24. The highest BCUT2D eigenvalue weighted by molar-refractivity contribution is 5.79. The largest absolute Gasteiger partial charge is 0.355 e. The average Bonchev–Trinajstić information content (AvgIpc) is 2.89. The Bertz CT molecular complexity index is 1110. The lowest BCUT2D eigenvalue weighted by Gasteiger charge is -2.33. The van der Waals surface area contributed by atoms with E-state index < -0.39 is 0 Å². The SMILES string of the molecule is Cc1ccc(-c2ccc(N3CCC[C@@H](C(=O)NCCN4CCc5ccccc5C4)C3)nn2)cc1. The van der Waals surface area contributed by atoms with Gasteiger partial charge in [0, 0.05) is 44.8 Å². The summed E-state index contributed by atoms with van der Waals surface area (Å²) in [4.78, 5) is 17.5. The second-order valence-corrected chi connectivity index (χ2v) is 9.51. The number of benzene rings is 2. The molecule has 2 aliphatic rings. The zero-order valence-electron chi connectivity index (χ0n) is 19.9. The van der Waals surface area contributed by atoms with E-state index in [0.29, 0.717) is 13.1 Å². The molecule has 1 atom stereocenters. The molecule has 0 saturated carbocycles. The molecular weight excluding hydrogens is 422 g/mol. The smallest absolute Gasteiger partial charge is 0.224 e. The molecule has 1 fully saturated rings. The third-order valence-electron chi connectivity index (χ3n) is 7.05. The van der Waals surface area contributed by atoms with E-state index in [0.717, 1.165) is 62.5 Å². The first kappa shape index (κ1) is 22.5. The number of fused-ring (bicyclic) bond motifs is 1. The van der Waals surface area contributed by atoms with Crippen molar-refractivity contribution in [1.29, 1.82) is 0 Å². The van der Waals surface area contributed by atoms with Gasteiger partial charge in [0.25, 0.3) is 0 Å². The maximum absolute atomic E-state index is 12.9. The number of anilines is 1. The maximum atomic E-state index is 12.9. The van der Waals surface area contributed by atoms with Crippen molar-refractivity contribution in [2.75, 3.05) is 37.6 Å². The van der Waals surface area contributed by atoms with Gasteiger partial charge in [0.05, 0.1) is 11.6 Å². The van der Waals surface area contributed by atoms with Gasteiger partial charge < -0.3 is 10.2 Å². The standard InChI is InChI=1S/C28H33N5O/c1-21-8-10-23(11-9-21)26-12-13-27(31-30-26)33-16-4-7-25(20-33)28(34)29-15-18-32-17-14-22-5-2-3-6-24(22)19-32/h2-3,5-6,8-13,25H,4,7,14-20H2,1H3,(H,29,34)/t25-/m1/s1. The van der Waals surface area contributed by atoms with Crippen LogP contribution in [-0.2, 0) is 17.8 Å². The summed E-state index contributed by atoms with van der Waals surface area (Å²) in [7, 11) is 0. The van der Waals surface area contributed by atoms with Gasteiger partial charge in [0.15, 0.2) is 5.82 Å². The molecule has 34 heavy (non-hydrogen) atoms. The molecule has 3 heterocycles. The lowest BCUT2D eigenvalue weighted by Crippen LogP contribution is -2.45. The Morgan fingerprint density at radius 1 is 1.00 bits per heavy atom. The summed E-state index contributed by atoms with van der Waals surface area (Å²) in [6, 6.07) is 21.0. The van der Waals surface area contributed by atoms with Crippen molar-refractivity contribution in [3.63, 3.8) is 0 Å². The lowest BCUT2D eigenvalue weighted by molar-refractivity contribution is -0.125. The summed E-state index contributed by atoms with van der Waals surface area (Å²) in [5.74, 6) is 1.00. The number of nitrogens with one attached hydrogen (secondary N) is 1. The fraction of sp³-hybridized carbons (Fsp3) is 0.393. The van der Waals surface area contributed by atoms with Crippen molar-refractivity contribution in [3.05, 3.63) is 77.4 Å². The molecule has 2 aliphatic heterocycles. The molecule has 0 aliphatic carbocycles. The first-order valence-corrected chi connectivity index (χ1v) is 12.4. The molecular formula is C28H33N5O. The van der Waals surface area contributed by atoms with Gasteiger partial charge in [-0.15, -0.1) is 10.2 Å². The number of rotatable bonds is 6. The number of hydrogen-bond donors (Lipinski definition) is 1. The van der Waals surface area contributed by atoms with Gasteiger partial charge in [-0.3, -0.25) is 9.69 Å². The Labute approximate surface area is 202 Å². The molecule has 0 bridgehead atoms. The number of aromatic nitrogens is 2.